The van der Waals surface area contributed by atoms with Crippen molar-refractivity contribution in [3.8, 4) is 0 Å². The van der Waals surface area contributed by atoms with Gasteiger partial charge in [0.1, 0.15) is 5.58 Å². The van der Waals surface area contributed by atoms with Crippen molar-refractivity contribution >= 4 is 29.3 Å². The summed E-state index contributed by atoms with van der Waals surface area (Å²) >= 11 is 0. The Kier molecular flexibility index (Phi) is 5.47. The number of hydrogen-bond donors (Lipinski definition) is 2. The van der Waals surface area contributed by atoms with Gasteiger partial charge in [-0.05, 0) is 74.4 Å². The van der Waals surface area contributed by atoms with Crippen LogP contribution in [0.15, 0.2) is 22.8 Å². The predicted molar refractivity (Wildman–Crippen MR) is 97.8 cm³/mol. The molecule has 1 aromatic heterocycles. The Balaban J connectivity index is 0.00000169. The first-order valence-electron chi connectivity index (χ1n) is 8.79. The molecule has 1 atom stereocenters. The van der Waals surface area contributed by atoms with Crippen LogP contribution in [0, 0.1) is 5.92 Å². The predicted octanol–water partition coefficient (Wildman–Crippen LogP) is 3.00. The summed E-state index contributed by atoms with van der Waals surface area (Å²) in [5.41, 5.74) is 4.77. The van der Waals surface area contributed by atoms with Crippen LogP contribution in [0.2, 0.25) is 0 Å². The van der Waals surface area contributed by atoms with Gasteiger partial charge in [0.15, 0.2) is 0 Å². The number of amides is 1. The molecule has 130 valence electrons. The molecule has 2 N–H and O–H groups in total. The molecular weight excluding hydrogens is 324 g/mol. The first kappa shape index (κ1) is 17.3. The number of halogens is 1. The quantitative estimate of drug-likeness (QED) is 0.873. The molecule has 2 aromatic rings. The lowest BCUT2D eigenvalue weighted by Crippen LogP contribution is -2.27. The monoisotopic (exact) mass is 348 g/mol. The molecule has 1 amide bonds. The highest BCUT2D eigenvalue weighted by atomic mass is 35.5. The van der Waals surface area contributed by atoms with Gasteiger partial charge < -0.3 is 15.1 Å². The molecule has 0 bridgehead atoms. The molecule has 4 rings (SSSR count). The Morgan fingerprint density at radius 1 is 1.29 bits per heavy atom. The third-order valence-electron chi connectivity index (χ3n) is 5.26. The summed E-state index contributed by atoms with van der Waals surface area (Å²) in [6.45, 7) is 2.98. The van der Waals surface area contributed by atoms with E-state index >= 15 is 0 Å². The second kappa shape index (κ2) is 7.58. The fraction of sp³-hybridized carbons (Fsp3) is 0.526. The van der Waals surface area contributed by atoms with Gasteiger partial charge in [0.05, 0.1) is 12.7 Å². The van der Waals surface area contributed by atoms with Crippen LogP contribution in [-0.2, 0) is 24.1 Å². The second-order valence-electron chi connectivity index (χ2n) is 6.91. The summed E-state index contributed by atoms with van der Waals surface area (Å²) in [5, 5.41) is 7.53. The summed E-state index contributed by atoms with van der Waals surface area (Å²) in [6, 6.07) is 4.39. The minimum atomic E-state index is 0. The molecule has 4 nitrogen and oxygen atoms in total. The van der Waals surface area contributed by atoms with E-state index in [1.165, 1.54) is 24.0 Å². The molecule has 1 aliphatic heterocycles. The summed E-state index contributed by atoms with van der Waals surface area (Å²) in [6.07, 6.45) is 7.99. The highest BCUT2D eigenvalue weighted by molar-refractivity contribution is 5.88. The van der Waals surface area contributed by atoms with Gasteiger partial charge >= 0.3 is 0 Å². The van der Waals surface area contributed by atoms with E-state index in [1.807, 2.05) is 0 Å². The third kappa shape index (κ3) is 3.60. The first-order valence-corrected chi connectivity index (χ1v) is 8.79. The maximum atomic E-state index is 12.2. The van der Waals surface area contributed by atoms with Crippen molar-refractivity contribution in [2.75, 3.05) is 19.6 Å². The highest BCUT2D eigenvalue weighted by Gasteiger charge is 2.17. The third-order valence-corrected chi connectivity index (χ3v) is 5.26. The molecule has 1 fully saturated rings. The number of hydrogen-bond acceptors (Lipinski definition) is 3. The maximum Gasteiger partial charge on any atom is 0.224 e. The van der Waals surface area contributed by atoms with Crippen molar-refractivity contribution in [3.63, 3.8) is 0 Å². The van der Waals surface area contributed by atoms with Crippen molar-refractivity contribution < 1.29 is 9.21 Å². The van der Waals surface area contributed by atoms with Gasteiger partial charge in [0.2, 0.25) is 5.91 Å². The number of benzene rings is 1. The van der Waals surface area contributed by atoms with E-state index in [9.17, 15) is 4.79 Å². The zero-order valence-corrected chi connectivity index (χ0v) is 14.7. The van der Waals surface area contributed by atoms with Crippen molar-refractivity contribution in [2.45, 2.75) is 38.5 Å². The largest absolute Gasteiger partial charge is 0.464 e. The number of carbonyl (C=O) groups excluding carboxylic acids is 1. The average Bonchev–Trinajstić information content (AvgIpc) is 3.26. The van der Waals surface area contributed by atoms with E-state index in [1.54, 1.807) is 6.26 Å². The van der Waals surface area contributed by atoms with E-state index in [0.29, 0.717) is 12.3 Å². The molecule has 0 saturated carbocycles. The Bertz CT molecular complexity index is 719. The molecule has 24 heavy (non-hydrogen) atoms. The topological polar surface area (TPSA) is 54.3 Å². The van der Waals surface area contributed by atoms with Crippen molar-refractivity contribution in [1.82, 2.24) is 10.6 Å². The molecular formula is C19H25ClN2O2. The van der Waals surface area contributed by atoms with Crippen LogP contribution in [0.5, 0.6) is 0 Å². The van der Waals surface area contributed by atoms with Gasteiger partial charge in [-0.15, -0.1) is 12.4 Å². The minimum Gasteiger partial charge on any atom is -0.464 e. The fourth-order valence-electron chi connectivity index (χ4n) is 3.90. The summed E-state index contributed by atoms with van der Waals surface area (Å²) in [4.78, 5) is 12.2. The minimum absolute atomic E-state index is 0. The van der Waals surface area contributed by atoms with Crippen LogP contribution in [-0.4, -0.2) is 25.5 Å². The Morgan fingerprint density at radius 2 is 2.12 bits per heavy atom. The zero-order chi connectivity index (χ0) is 15.6. The molecule has 1 saturated heterocycles. The number of fused-ring (bicyclic) bond motifs is 2. The van der Waals surface area contributed by atoms with E-state index in [-0.39, 0.29) is 18.3 Å². The standard InChI is InChI=1S/C19H24N2O2.ClH/c22-19(21-7-5-13-4-6-20-11-13)10-16-12-23-18-9-15-3-1-2-14(15)8-17(16)18;/h8-9,12-13,20H,1-7,10-11H2,(H,21,22);1H. The lowest BCUT2D eigenvalue weighted by molar-refractivity contribution is -0.120. The zero-order valence-electron chi connectivity index (χ0n) is 13.9. The smallest absolute Gasteiger partial charge is 0.224 e. The van der Waals surface area contributed by atoms with E-state index in [2.05, 4.69) is 22.8 Å². The molecule has 1 aliphatic carbocycles. The number of aryl methyl sites for hydroxylation is 2. The average molecular weight is 349 g/mol. The van der Waals surface area contributed by atoms with Gasteiger partial charge in [-0.1, -0.05) is 0 Å². The normalized spacial score (nSPS) is 19.2. The number of rotatable bonds is 5. The Labute approximate surface area is 148 Å². The summed E-state index contributed by atoms with van der Waals surface area (Å²) in [5.74, 6) is 0.812. The van der Waals surface area contributed by atoms with Gasteiger partial charge in [-0.2, -0.15) is 0 Å². The van der Waals surface area contributed by atoms with Crippen LogP contribution in [0.4, 0.5) is 0 Å². The Hall–Kier alpha value is -1.52. The van der Waals surface area contributed by atoms with Gasteiger partial charge in [-0.25, -0.2) is 0 Å². The van der Waals surface area contributed by atoms with E-state index in [0.717, 1.165) is 55.4 Å². The second-order valence-corrected chi connectivity index (χ2v) is 6.91. The highest BCUT2D eigenvalue weighted by Crippen LogP contribution is 2.30. The molecule has 1 unspecified atom stereocenters. The molecule has 5 heteroatoms. The lowest BCUT2D eigenvalue weighted by Gasteiger charge is -2.09. The van der Waals surface area contributed by atoms with Crippen LogP contribution in [0.25, 0.3) is 11.0 Å². The number of nitrogens with one attached hydrogen (secondary N) is 2. The molecule has 2 heterocycles. The van der Waals surface area contributed by atoms with Crippen molar-refractivity contribution in [3.05, 3.63) is 35.1 Å². The molecule has 0 spiro atoms. The van der Waals surface area contributed by atoms with Crippen LogP contribution >= 0.6 is 12.4 Å². The number of carbonyl (C=O) groups is 1. The first-order chi connectivity index (χ1) is 11.3. The van der Waals surface area contributed by atoms with Crippen molar-refractivity contribution in [1.29, 1.82) is 0 Å². The van der Waals surface area contributed by atoms with Gasteiger partial charge in [0.25, 0.3) is 0 Å². The molecule has 2 aliphatic rings. The molecule has 1 aromatic carbocycles. The SMILES string of the molecule is Cl.O=C(Cc1coc2cc3c(cc12)CCC3)NCCC1CCNC1. The van der Waals surface area contributed by atoms with Crippen LogP contribution in [0.3, 0.4) is 0 Å². The molecule has 0 radical (unpaired) electrons. The number of furan rings is 1. The van der Waals surface area contributed by atoms with Crippen molar-refractivity contribution in [2.24, 2.45) is 5.92 Å². The van der Waals surface area contributed by atoms with Crippen LogP contribution < -0.4 is 10.6 Å². The van der Waals surface area contributed by atoms with Gasteiger partial charge in [0, 0.05) is 17.5 Å². The summed E-state index contributed by atoms with van der Waals surface area (Å²) in [7, 11) is 0. The Morgan fingerprint density at radius 3 is 2.92 bits per heavy atom. The lowest BCUT2D eigenvalue weighted by atomic mass is 10.0. The fourth-order valence-corrected chi connectivity index (χ4v) is 3.90. The van der Waals surface area contributed by atoms with E-state index < -0.39 is 0 Å². The maximum absolute atomic E-state index is 12.2. The van der Waals surface area contributed by atoms with Gasteiger partial charge in [-0.3, -0.25) is 4.79 Å². The van der Waals surface area contributed by atoms with Crippen LogP contribution in [0.1, 0.15) is 36.0 Å². The van der Waals surface area contributed by atoms with E-state index in [4.69, 9.17) is 4.42 Å². The summed E-state index contributed by atoms with van der Waals surface area (Å²) < 4.78 is 5.67.